The molecular formula is C10H25NO. The highest BCUT2D eigenvalue weighted by molar-refractivity contribution is 4.57. The van der Waals surface area contributed by atoms with Gasteiger partial charge in [-0.05, 0) is 19.9 Å². The van der Waals surface area contributed by atoms with E-state index in [2.05, 4.69) is 18.7 Å². The smallest absolute Gasteiger partial charge is 0.0638 e. The van der Waals surface area contributed by atoms with Crippen LogP contribution in [0, 0.1) is 5.92 Å². The maximum atomic E-state index is 8.99. The molecule has 76 valence electrons. The molecular weight excluding hydrogens is 150 g/mol. The predicted octanol–water partition coefficient (Wildman–Crippen LogP) is 1.98. The van der Waals surface area contributed by atoms with Crippen LogP contribution in [0.2, 0.25) is 0 Å². The number of rotatable bonds is 4. The van der Waals surface area contributed by atoms with Gasteiger partial charge in [0, 0.05) is 13.1 Å². The summed E-state index contributed by atoms with van der Waals surface area (Å²) in [7, 11) is 2.03. The third-order valence-corrected chi connectivity index (χ3v) is 1.25. The van der Waals surface area contributed by atoms with Crippen LogP contribution in [0.1, 0.15) is 34.6 Å². The Hall–Kier alpha value is -0.0800. The van der Waals surface area contributed by atoms with Gasteiger partial charge in [-0.25, -0.2) is 0 Å². The molecule has 2 heteroatoms. The molecule has 0 aliphatic carbocycles. The fraction of sp³-hybridized carbons (Fsp3) is 1.00. The second-order valence-electron chi connectivity index (χ2n) is 3.46. The van der Waals surface area contributed by atoms with E-state index in [4.69, 9.17) is 5.11 Å². The summed E-state index contributed by atoms with van der Waals surface area (Å²) in [4.78, 5) is 2.15. The molecule has 0 radical (unpaired) electrons. The Morgan fingerprint density at radius 1 is 1.08 bits per heavy atom. The van der Waals surface area contributed by atoms with E-state index < -0.39 is 0 Å². The Morgan fingerprint density at radius 3 is 1.75 bits per heavy atom. The van der Waals surface area contributed by atoms with Crippen LogP contribution in [-0.4, -0.2) is 36.2 Å². The van der Waals surface area contributed by atoms with Crippen molar-refractivity contribution in [3.63, 3.8) is 0 Å². The van der Waals surface area contributed by atoms with Gasteiger partial charge in [0.25, 0.3) is 0 Å². The van der Waals surface area contributed by atoms with Gasteiger partial charge in [-0.1, -0.05) is 27.7 Å². The molecule has 0 aromatic rings. The van der Waals surface area contributed by atoms with Gasteiger partial charge in [0.1, 0.15) is 0 Å². The monoisotopic (exact) mass is 175 g/mol. The first-order valence-electron chi connectivity index (χ1n) is 4.89. The lowest BCUT2D eigenvalue weighted by Gasteiger charge is -2.19. The Bertz CT molecular complexity index is 71.9. The molecule has 0 aliphatic heterocycles. The molecule has 0 aliphatic rings. The zero-order valence-electron chi connectivity index (χ0n) is 9.46. The first-order valence-corrected chi connectivity index (χ1v) is 4.89. The lowest BCUT2D eigenvalue weighted by molar-refractivity contribution is 0.135. The van der Waals surface area contributed by atoms with Crippen molar-refractivity contribution in [2.75, 3.05) is 20.1 Å². The van der Waals surface area contributed by atoms with Crippen LogP contribution in [0.25, 0.3) is 0 Å². The molecule has 0 spiro atoms. The third kappa shape index (κ3) is 12.6. The maximum Gasteiger partial charge on any atom is 0.0638 e. The van der Waals surface area contributed by atoms with E-state index in [1.54, 1.807) is 0 Å². The molecule has 0 aromatic carbocycles. The van der Waals surface area contributed by atoms with Gasteiger partial charge in [0.15, 0.2) is 0 Å². The number of aliphatic hydroxyl groups is 1. The first-order chi connectivity index (χ1) is 5.52. The van der Waals surface area contributed by atoms with E-state index in [1.165, 1.54) is 0 Å². The van der Waals surface area contributed by atoms with E-state index in [0.717, 1.165) is 13.1 Å². The van der Waals surface area contributed by atoms with Gasteiger partial charge in [-0.3, -0.25) is 0 Å². The third-order valence-electron chi connectivity index (χ3n) is 1.25. The summed E-state index contributed by atoms with van der Waals surface area (Å²) in [6.07, 6.45) is -0.205. The lowest BCUT2D eigenvalue weighted by Crippen LogP contribution is -2.30. The largest absolute Gasteiger partial charge is 0.392 e. The minimum atomic E-state index is -0.205. The average molecular weight is 175 g/mol. The molecule has 0 aromatic heterocycles. The number of aliphatic hydroxyl groups excluding tert-OH is 1. The van der Waals surface area contributed by atoms with Gasteiger partial charge in [0.2, 0.25) is 0 Å². The molecule has 0 saturated heterocycles. The van der Waals surface area contributed by atoms with Crippen LogP contribution in [-0.2, 0) is 0 Å². The molecule has 1 atom stereocenters. The van der Waals surface area contributed by atoms with Gasteiger partial charge in [-0.2, -0.15) is 0 Å². The first kappa shape index (κ1) is 14.4. The minimum absolute atomic E-state index is 0.205. The van der Waals surface area contributed by atoms with Crippen molar-refractivity contribution in [2.24, 2.45) is 5.92 Å². The predicted molar refractivity (Wildman–Crippen MR) is 55.4 cm³/mol. The highest BCUT2D eigenvalue weighted by atomic mass is 16.3. The lowest BCUT2D eigenvalue weighted by atomic mass is 10.2. The average Bonchev–Trinajstić information content (AvgIpc) is 1.87. The zero-order valence-corrected chi connectivity index (χ0v) is 9.46. The van der Waals surface area contributed by atoms with Crippen LogP contribution in [0.4, 0.5) is 0 Å². The van der Waals surface area contributed by atoms with E-state index >= 15 is 0 Å². The quantitative estimate of drug-likeness (QED) is 0.706. The minimum Gasteiger partial charge on any atom is -0.392 e. The van der Waals surface area contributed by atoms with Gasteiger partial charge in [-0.15, -0.1) is 0 Å². The summed E-state index contributed by atoms with van der Waals surface area (Å²) in [5.41, 5.74) is 0. The SMILES string of the molecule is CC.CC(C)CN(C)CC(C)O. The summed E-state index contributed by atoms with van der Waals surface area (Å²) >= 11 is 0. The molecule has 1 N–H and O–H groups in total. The molecule has 2 nitrogen and oxygen atoms in total. The Morgan fingerprint density at radius 2 is 1.50 bits per heavy atom. The van der Waals surface area contributed by atoms with Crippen LogP contribution < -0.4 is 0 Å². The van der Waals surface area contributed by atoms with E-state index in [1.807, 2.05) is 27.8 Å². The van der Waals surface area contributed by atoms with E-state index in [9.17, 15) is 0 Å². The maximum absolute atomic E-state index is 8.99. The Labute approximate surface area is 77.6 Å². The van der Waals surface area contributed by atoms with Gasteiger partial charge < -0.3 is 10.0 Å². The standard InChI is InChI=1S/C8H19NO.C2H6/c1-7(2)5-9(4)6-8(3)10;1-2/h7-8,10H,5-6H2,1-4H3;1-2H3. The number of likely N-dealkylation sites (N-methyl/N-ethyl adjacent to an activating group) is 1. The molecule has 12 heavy (non-hydrogen) atoms. The summed E-state index contributed by atoms with van der Waals surface area (Å²) < 4.78 is 0. The second kappa shape index (κ2) is 9.01. The fourth-order valence-electron chi connectivity index (χ4n) is 1.15. The fourth-order valence-corrected chi connectivity index (χ4v) is 1.15. The molecule has 0 saturated carbocycles. The van der Waals surface area contributed by atoms with Crippen molar-refractivity contribution >= 4 is 0 Å². The molecule has 0 amide bonds. The van der Waals surface area contributed by atoms with Crippen LogP contribution in [0.3, 0.4) is 0 Å². The van der Waals surface area contributed by atoms with E-state index in [0.29, 0.717) is 5.92 Å². The van der Waals surface area contributed by atoms with Crippen molar-refractivity contribution in [3.8, 4) is 0 Å². The highest BCUT2D eigenvalue weighted by Gasteiger charge is 2.03. The summed E-state index contributed by atoms with van der Waals surface area (Å²) in [5.74, 6) is 0.684. The normalized spacial score (nSPS) is 12.8. The number of nitrogens with zero attached hydrogens (tertiary/aromatic N) is 1. The van der Waals surface area contributed by atoms with Crippen molar-refractivity contribution in [1.82, 2.24) is 4.90 Å². The second-order valence-corrected chi connectivity index (χ2v) is 3.46. The van der Waals surface area contributed by atoms with Crippen molar-refractivity contribution < 1.29 is 5.11 Å². The summed E-state index contributed by atoms with van der Waals surface area (Å²) in [6.45, 7) is 12.0. The van der Waals surface area contributed by atoms with Crippen molar-refractivity contribution in [1.29, 1.82) is 0 Å². The molecule has 1 unspecified atom stereocenters. The van der Waals surface area contributed by atoms with E-state index in [-0.39, 0.29) is 6.10 Å². The molecule has 0 rings (SSSR count). The Balaban J connectivity index is 0. The van der Waals surface area contributed by atoms with Gasteiger partial charge >= 0.3 is 0 Å². The van der Waals surface area contributed by atoms with Crippen LogP contribution >= 0.6 is 0 Å². The number of hydrogen-bond donors (Lipinski definition) is 1. The topological polar surface area (TPSA) is 23.5 Å². The van der Waals surface area contributed by atoms with Crippen molar-refractivity contribution in [2.45, 2.75) is 40.7 Å². The summed E-state index contributed by atoms with van der Waals surface area (Å²) in [5, 5.41) is 8.99. The Kier molecular flexibility index (Phi) is 10.8. The zero-order chi connectivity index (χ0) is 10.1. The molecule has 0 bridgehead atoms. The van der Waals surface area contributed by atoms with Crippen LogP contribution in [0.15, 0.2) is 0 Å². The van der Waals surface area contributed by atoms with Crippen molar-refractivity contribution in [3.05, 3.63) is 0 Å². The highest BCUT2D eigenvalue weighted by Crippen LogP contribution is 1.96. The van der Waals surface area contributed by atoms with Crippen LogP contribution in [0.5, 0.6) is 0 Å². The number of hydrogen-bond acceptors (Lipinski definition) is 2. The molecule has 0 fully saturated rings. The summed E-state index contributed by atoms with van der Waals surface area (Å²) in [6, 6.07) is 0. The van der Waals surface area contributed by atoms with Gasteiger partial charge in [0.05, 0.1) is 6.10 Å². The molecule has 0 heterocycles.